The summed E-state index contributed by atoms with van der Waals surface area (Å²) in [6.45, 7) is 11.4. The number of piperidine rings is 2. The number of Topliss-reactive ketones (excluding diaryl/α,β-unsaturated/α-hetero) is 1. The first-order chi connectivity index (χ1) is 11.8. The van der Waals surface area contributed by atoms with Gasteiger partial charge in [0, 0.05) is 50.3 Å². The molecule has 0 N–H and O–H groups in total. The highest BCUT2D eigenvalue weighted by Crippen LogP contribution is 2.31. The quantitative estimate of drug-likeness (QED) is 0.828. The summed E-state index contributed by atoms with van der Waals surface area (Å²) in [5, 5.41) is 0. The number of hydrogen-bond donors (Lipinski definition) is 0. The van der Waals surface area contributed by atoms with Crippen LogP contribution in [-0.2, 0) is 4.79 Å². The molecule has 1 aromatic heterocycles. The van der Waals surface area contributed by atoms with E-state index in [4.69, 9.17) is 0 Å². The molecule has 0 aliphatic carbocycles. The van der Waals surface area contributed by atoms with E-state index in [1.54, 1.807) is 0 Å². The first-order valence-corrected chi connectivity index (χ1v) is 9.31. The molecule has 1 aromatic rings. The molecule has 5 nitrogen and oxygen atoms in total. The minimum absolute atomic E-state index is 0.104. The number of aryl methyl sites for hydroxylation is 3. The van der Waals surface area contributed by atoms with Gasteiger partial charge in [0.05, 0.1) is 11.3 Å². The van der Waals surface area contributed by atoms with Gasteiger partial charge in [0.25, 0.3) is 5.91 Å². The maximum atomic E-state index is 13.0. The Balaban J connectivity index is 1.68. The standard InChI is InChI=1S/C20H29N3O2/c1-14-13-15(2)21-16(3)18(14)19(25)22-11-7-20(4,8-12-22)23-9-5-17(24)6-10-23/h13H,5-12H2,1-4H3. The van der Waals surface area contributed by atoms with Crippen LogP contribution in [0.2, 0.25) is 0 Å². The van der Waals surface area contributed by atoms with Crippen molar-refractivity contribution in [1.82, 2.24) is 14.8 Å². The fraction of sp³-hybridized carbons (Fsp3) is 0.650. The average Bonchev–Trinajstić information content (AvgIpc) is 2.55. The van der Waals surface area contributed by atoms with Crippen LogP contribution in [0, 0.1) is 20.8 Å². The van der Waals surface area contributed by atoms with E-state index in [2.05, 4.69) is 16.8 Å². The molecule has 2 aliphatic heterocycles. The lowest BCUT2D eigenvalue weighted by atomic mass is 9.85. The predicted octanol–water partition coefficient (Wildman–Crippen LogP) is 2.67. The van der Waals surface area contributed by atoms with Crippen LogP contribution in [-0.4, -0.2) is 58.2 Å². The summed E-state index contributed by atoms with van der Waals surface area (Å²) in [6, 6.07) is 1.99. The summed E-state index contributed by atoms with van der Waals surface area (Å²) >= 11 is 0. The second kappa shape index (κ2) is 6.87. The van der Waals surface area contributed by atoms with Crippen molar-refractivity contribution in [2.75, 3.05) is 26.2 Å². The van der Waals surface area contributed by atoms with Crippen molar-refractivity contribution >= 4 is 11.7 Å². The molecule has 0 spiro atoms. The van der Waals surface area contributed by atoms with Gasteiger partial charge in [-0.05, 0) is 52.2 Å². The minimum Gasteiger partial charge on any atom is -0.338 e. The Kier molecular flexibility index (Phi) is 4.96. The predicted molar refractivity (Wildman–Crippen MR) is 97.8 cm³/mol. The Hall–Kier alpha value is -1.75. The van der Waals surface area contributed by atoms with Gasteiger partial charge in [-0.2, -0.15) is 0 Å². The normalized spacial score (nSPS) is 21.4. The Labute approximate surface area is 150 Å². The van der Waals surface area contributed by atoms with Gasteiger partial charge < -0.3 is 4.90 Å². The number of nitrogens with zero attached hydrogens (tertiary/aromatic N) is 3. The van der Waals surface area contributed by atoms with Crippen molar-refractivity contribution < 1.29 is 9.59 Å². The SMILES string of the molecule is Cc1cc(C)c(C(=O)N2CCC(C)(N3CCC(=O)CC3)CC2)c(C)n1. The molecule has 3 rings (SSSR count). The number of amides is 1. The summed E-state index contributed by atoms with van der Waals surface area (Å²) in [5.41, 5.74) is 3.66. The van der Waals surface area contributed by atoms with Gasteiger partial charge in [-0.25, -0.2) is 0 Å². The van der Waals surface area contributed by atoms with Crippen LogP contribution in [0.25, 0.3) is 0 Å². The van der Waals surface area contributed by atoms with Crippen molar-refractivity contribution in [2.24, 2.45) is 0 Å². The lowest BCUT2D eigenvalue weighted by Crippen LogP contribution is -2.56. The van der Waals surface area contributed by atoms with Crippen molar-refractivity contribution in [2.45, 2.75) is 58.9 Å². The Morgan fingerprint density at radius 2 is 1.68 bits per heavy atom. The fourth-order valence-corrected chi connectivity index (χ4v) is 4.31. The summed E-state index contributed by atoms with van der Waals surface area (Å²) < 4.78 is 0. The van der Waals surface area contributed by atoms with E-state index >= 15 is 0 Å². The summed E-state index contributed by atoms with van der Waals surface area (Å²) in [5.74, 6) is 0.489. The van der Waals surface area contributed by atoms with Gasteiger partial charge in [-0.1, -0.05) is 0 Å². The highest BCUT2D eigenvalue weighted by Gasteiger charge is 2.38. The topological polar surface area (TPSA) is 53.5 Å². The number of carbonyl (C=O) groups excluding carboxylic acids is 2. The Morgan fingerprint density at radius 1 is 1.08 bits per heavy atom. The average molecular weight is 343 g/mol. The number of likely N-dealkylation sites (tertiary alicyclic amines) is 2. The molecular formula is C20H29N3O2. The molecule has 2 fully saturated rings. The highest BCUT2D eigenvalue weighted by molar-refractivity contribution is 5.96. The fourth-order valence-electron chi connectivity index (χ4n) is 4.31. The molecule has 0 unspecified atom stereocenters. The molecular weight excluding hydrogens is 314 g/mol. The molecule has 136 valence electrons. The monoisotopic (exact) mass is 343 g/mol. The summed E-state index contributed by atoms with van der Waals surface area (Å²) in [4.78, 5) is 33.4. The van der Waals surface area contributed by atoms with E-state index in [9.17, 15) is 9.59 Å². The zero-order valence-corrected chi connectivity index (χ0v) is 15.9. The van der Waals surface area contributed by atoms with Crippen LogP contribution in [0.4, 0.5) is 0 Å². The Morgan fingerprint density at radius 3 is 2.24 bits per heavy atom. The molecule has 3 heterocycles. The van der Waals surface area contributed by atoms with Gasteiger partial charge >= 0.3 is 0 Å². The number of rotatable bonds is 2. The van der Waals surface area contributed by atoms with E-state index in [-0.39, 0.29) is 11.4 Å². The van der Waals surface area contributed by atoms with Gasteiger partial charge in [-0.3, -0.25) is 19.5 Å². The molecule has 0 atom stereocenters. The minimum atomic E-state index is 0.104. The Bertz CT molecular complexity index is 657. The second-order valence-electron chi connectivity index (χ2n) is 7.86. The number of hydrogen-bond acceptors (Lipinski definition) is 4. The molecule has 1 amide bonds. The summed E-state index contributed by atoms with van der Waals surface area (Å²) in [7, 11) is 0. The molecule has 0 radical (unpaired) electrons. The van der Waals surface area contributed by atoms with Gasteiger partial charge in [-0.15, -0.1) is 0 Å². The first-order valence-electron chi connectivity index (χ1n) is 9.31. The highest BCUT2D eigenvalue weighted by atomic mass is 16.2. The first kappa shape index (κ1) is 18.1. The number of carbonyl (C=O) groups is 2. The van der Waals surface area contributed by atoms with Crippen LogP contribution < -0.4 is 0 Å². The van der Waals surface area contributed by atoms with Crippen molar-refractivity contribution in [3.63, 3.8) is 0 Å². The van der Waals surface area contributed by atoms with Crippen molar-refractivity contribution in [1.29, 1.82) is 0 Å². The smallest absolute Gasteiger partial charge is 0.255 e. The molecule has 2 aliphatic rings. The van der Waals surface area contributed by atoms with Gasteiger partial charge in [0.2, 0.25) is 0 Å². The van der Waals surface area contributed by atoms with Crippen LogP contribution >= 0.6 is 0 Å². The second-order valence-corrected chi connectivity index (χ2v) is 7.86. The zero-order chi connectivity index (χ0) is 18.2. The van der Waals surface area contributed by atoms with Crippen LogP contribution in [0.15, 0.2) is 6.07 Å². The summed E-state index contributed by atoms with van der Waals surface area (Å²) in [6.07, 6.45) is 3.27. The van der Waals surface area contributed by atoms with Crippen molar-refractivity contribution in [3.05, 3.63) is 28.6 Å². The van der Waals surface area contributed by atoms with Crippen molar-refractivity contribution in [3.8, 4) is 0 Å². The van der Waals surface area contributed by atoms with E-state index in [0.29, 0.717) is 18.6 Å². The third-order valence-corrected chi connectivity index (χ3v) is 5.95. The van der Waals surface area contributed by atoms with E-state index in [1.165, 1.54) is 0 Å². The molecule has 5 heteroatoms. The molecule has 0 aromatic carbocycles. The molecule has 0 saturated carbocycles. The largest absolute Gasteiger partial charge is 0.338 e. The van der Waals surface area contributed by atoms with Gasteiger partial charge in [0.1, 0.15) is 5.78 Å². The maximum Gasteiger partial charge on any atom is 0.255 e. The lowest BCUT2D eigenvalue weighted by molar-refractivity contribution is -0.123. The maximum absolute atomic E-state index is 13.0. The van der Waals surface area contributed by atoms with Crippen LogP contribution in [0.5, 0.6) is 0 Å². The third kappa shape index (κ3) is 3.61. The molecule has 2 saturated heterocycles. The van der Waals surface area contributed by atoms with Crippen LogP contribution in [0.3, 0.4) is 0 Å². The number of pyridine rings is 1. The van der Waals surface area contributed by atoms with Crippen LogP contribution in [0.1, 0.15) is 59.9 Å². The van der Waals surface area contributed by atoms with E-state index in [0.717, 1.165) is 61.5 Å². The molecule has 0 bridgehead atoms. The van der Waals surface area contributed by atoms with E-state index < -0.39 is 0 Å². The lowest BCUT2D eigenvalue weighted by Gasteiger charge is -2.48. The third-order valence-electron chi connectivity index (χ3n) is 5.95. The zero-order valence-electron chi connectivity index (χ0n) is 15.9. The van der Waals surface area contributed by atoms with Gasteiger partial charge in [0.15, 0.2) is 0 Å². The van der Waals surface area contributed by atoms with E-state index in [1.807, 2.05) is 31.7 Å². The number of ketones is 1. The molecule has 25 heavy (non-hydrogen) atoms. The number of aromatic nitrogens is 1.